The molecule has 6 nitrogen and oxygen atoms in total. The number of thiazole rings is 1. The van der Waals surface area contributed by atoms with Gasteiger partial charge in [0.1, 0.15) is 0 Å². The van der Waals surface area contributed by atoms with Gasteiger partial charge in [0.2, 0.25) is 5.88 Å². The Morgan fingerprint density at radius 3 is 2.83 bits per heavy atom. The van der Waals surface area contributed by atoms with Crippen molar-refractivity contribution in [3.05, 3.63) is 45.5 Å². The topological polar surface area (TPSA) is 64.6 Å². The lowest BCUT2D eigenvalue weighted by Crippen LogP contribution is -2.33. The zero-order chi connectivity index (χ0) is 25.5. The quantitative estimate of drug-likeness (QED) is 0.429. The third kappa shape index (κ3) is 8.38. The van der Waals surface area contributed by atoms with Gasteiger partial charge in [-0.2, -0.15) is 13.2 Å². The largest absolute Gasteiger partial charge is 0.468 e. The summed E-state index contributed by atoms with van der Waals surface area (Å²) in [4.78, 5) is 24.2. The lowest BCUT2D eigenvalue weighted by Gasteiger charge is -2.30. The molecule has 1 fully saturated rings. The number of ether oxygens (including phenoxy) is 2. The Bertz CT molecular complexity index is 1050. The maximum absolute atomic E-state index is 12.4. The molecule has 4 rings (SSSR count). The highest BCUT2D eigenvalue weighted by Crippen LogP contribution is 2.25. The van der Waals surface area contributed by atoms with Gasteiger partial charge in [0.15, 0.2) is 12.4 Å². The minimum absolute atomic E-state index is 0.0253. The molecule has 1 saturated heterocycles. The second-order valence-electron chi connectivity index (χ2n) is 9.47. The van der Waals surface area contributed by atoms with Gasteiger partial charge in [0, 0.05) is 55.3 Å². The van der Waals surface area contributed by atoms with Crippen LogP contribution < -0.4 is 4.74 Å². The van der Waals surface area contributed by atoms with Crippen LogP contribution in [-0.2, 0) is 22.4 Å². The number of halogens is 3. The van der Waals surface area contributed by atoms with Crippen molar-refractivity contribution in [3.8, 4) is 5.88 Å². The van der Waals surface area contributed by atoms with Crippen LogP contribution in [0, 0.1) is 12.8 Å². The van der Waals surface area contributed by atoms with Crippen LogP contribution in [0.4, 0.5) is 13.2 Å². The van der Waals surface area contributed by atoms with Crippen molar-refractivity contribution in [1.29, 1.82) is 0 Å². The van der Waals surface area contributed by atoms with Gasteiger partial charge in [0.05, 0.1) is 17.7 Å². The van der Waals surface area contributed by atoms with Crippen molar-refractivity contribution in [2.24, 2.45) is 5.92 Å². The maximum Gasteiger partial charge on any atom is 0.422 e. The molecule has 0 aromatic carbocycles. The van der Waals surface area contributed by atoms with Gasteiger partial charge in [-0.25, -0.2) is 9.97 Å². The highest BCUT2D eigenvalue weighted by atomic mass is 32.1. The summed E-state index contributed by atoms with van der Waals surface area (Å²) in [5, 5.41) is 0.985. The van der Waals surface area contributed by atoms with Gasteiger partial charge in [-0.05, 0) is 56.2 Å². The lowest BCUT2D eigenvalue weighted by atomic mass is 9.92. The van der Waals surface area contributed by atoms with Gasteiger partial charge in [-0.15, -0.1) is 11.3 Å². The normalized spacial score (nSPS) is 21.3. The molecule has 0 radical (unpaired) electrons. The predicted molar refractivity (Wildman–Crippen MR) is 132 cm³/mol. The number of aromatic nitrogens is 2. The average Bonchev–Trinajstić information content (AvgIpc) is 3.15. The average molecular weight is 524 g/mol. The van der Waals surface area contributed by atoms with Crippen LogP contribution >= 0.6 is 11.3 Å². The highest BCUT2D eigenvalue weighted by Gasteiger charge is 2.29. The van der Waals surface area contributed by atoms with Crippen LogP contribution in [0.2, 0.25) is 0 Å². The van der Waals surface area contributed by atoms with Gasteiger partial charge in [0.25, 0.3) is 0 Å². The number of pyridine rings is 1. The molecule has 2 aliphatic rings. The Labute approximate surface area is 213 Å². The maximum atomic E-state index is 12.4. The molecule has 2 aromatic heterocycles. The van der Waals surface area contributed by atoms with Crippen LogP contribution in [0.5, 0.6) is 5.88 Å². The molecule has 0 N–H and O–H groups in total. The minimum Gasteiger partial charge on any atom is -0.468 e. The van der Waals surface area contributed by atoms with E-state index in [1.165, 1.54) is 6.07 Å². The van der Waals surface area contributed by atoms with E-state index < -0.39 is 12.8 Å². The number of aryl methyl sites for hydroxylation is 1. The Hall–Kier alpha value is -2.30. The molecule has 2 atom stereocenters. The summed E-state index contributed by atoms with van der Waals surface area (Å²) in [7, 11) is 0. The Kier molecular flexibility index (Phi) is 9.14. The fourth-order valence-corrected chi connectivity index (χ4v) is 5.31. The SMILES string of the molecule is Cc1ncc(/C=C/C(=O)C[C@H]2CC[C@H](CCN3CCc4ccc(OCC(F)(F)F)nc4CC3)OC2)s1. The second kappa shape index (κ2) is 12.3. The van der Waals surface area contributed by atoms with E-state index in [1.807, 2.05) is 19.1 Å². The molecule has 0 bridgehead atoms. The Morgan fingerprint density at radius 2 is 2.11 bits per heavy atom. The van der Waals surface area contributed by atoms with E-state index >= 15 is 0 Å². The van der Waals surface area contributed by atoms with E-state index in [2.05, 4.69) is 14.9 Å². The number of alkyl halides is 3. The third-order valence-corrected chi connectivity index (χ3v) is 7.46. The van der Waals surface area contributed by atoms with E-state index in [-0.39, 0.29) is 23.7 Å². The van der Waals surface area contributed by atoms with Crippen LogP contribution in [0.15, 0.2) is 24.4 Å². The molecule has 196 valence electrons. The van der Waals surface area contributed by atoms with Gasteiger partial charge in [-0.3, -0.25) is 4.79 Å². The summed E-state index contributed by atoms with van der Waals surface area (Å²) in [5.41, 5.74) is 1.89. The minimum atomic E-state index is -4.37. The number of ketones is 1. The Morgan fingerprint density at radius 1 is 1.28 bits per heavy atom. The summed E-state index contributed by atoms with van der Waals surface area (Å²) in [6.45, 7) is 3.81. The first-order chi connectivity index (χ1) is 17.2. The van der Waals surface area contributed by atoms with Crippen LogP contribution in [-0.4, -0.2) is 65.8 Å². The van der Waals surface area contributed by atoms with E-state index in [1.54, 1.807) is 23.6 Å². The van der Waals surface area contributed by atoms with Crippen molar-refractivity contribution in [2.45, 2.75) is 57.7 Å². The zero-order valence-electron chi connectivity index (χ0n) is 20.4. The molecule has 0 aliphatic carbocycles. The Balaban J connectivity index is 1.15. The molecule has 0 amide bonds. The van der Waals surface area contributed by atoms with Gasteiger partial charge < -0.3 is 14.4 Å². The monoisotopic (exact) mass is 523 g/mol. The summed E-state index contributed by atoms with van der Waals surface area (Å²) >= 11 is 1.57. The molecular formula is C26H32F3N3O3S. The fraction of sp³-hybridized carbons (Fsp3) is 0.577. The molecule has 0 unspecified atom stereocenters. The first-order valence-corrected chi connectivity index (χ1v) is 13.2. The van der Waals surface area contributed by atoms with E-state index in [9.17, 15) is 18.0 Å². The van der Waals surface area contributed by atoms with Crippen LogP contribution in [0.3, 0.4) is 0 Å². The number of nitrogens with zero attached hydrogens (tertiary/aromatic N) is 3. The lowest BCUT2D eigenvalue weighted by molar-refractivity contribution is -0.154. The number of allylic oxidation sites excluding steroid dienone is 1. The summed E-state index contributed by atoms with van der Waals surface area (Å²) in [6, 6.07) is 3.35. The second-order valence-corrected chi connectivity index (χ2v) is 10.7. The number of hydrogen-bond donors (Lipinski definition) is 0. The standard InChI is InChI=1S/C26H32F3N3O3S/c1-18-30-15-23(36-18)6-4-21(33)14-19-2-5-22(34-16-19)9-12-32-11-8-20-3-7-25(31-24(20)10-13-32)35-17-26(27,28)29/h3-4,6-7,15,19,22H,2,5,8-14,16-17H2,1H3/b6-4+/t19-,22-/m1/s1. The third-order valence-electron chi connectivity index (χ3n) is 6.58. The van der Waals surface area contributed by atoms with Gasteiger partial charge in [-0.1, -0.05) is 6.07 Å². The van der Waals surface area contributed by atoms with E-state index in [0.29, 0.717) is 19.4 Å². The van der Waals surface area contributed by atoms with Crippen molar-refractivity contribution in [1.82, 2.24) is 14.9 Å². The number of carbonyl (C=O) groups excluding carboxylic acids is 1. The molecule has 4 heterocycles. The first kappa shape index (κ1) is 26.8. The van der Waals surface area contributed by atoms with E-state index in [4.69, 9.17) is 9.47 Å². The van der Waals surface area contributed by atoms with E-state index in [0.717, 1.165) is 66.5 Å². The smallest absolute Gasteiger partial charge is 0.422 e. The summed E-state index contributed by atoms with van der Waals surface area (Å²) in [5.74, 6) is 0.407. The molecule has 0 spiro atoms. The zero-order valence-corrected chi connectivity index (χ0v) is 21.2. The number of hydrogen-bond acceptors (Lipinski definition) is 7. The van der Waals surface area contributed by atoms with Crippen LogP contribution in [0.25, 0.3) is 6.08 Å². The fourth-order valence-electron chi connectivity index (χ4n) is 4.63. The van der Waals surface area contributed by atoms with Crippen molar-refractivity contribution < 1.29 is 27.4 Å². The van der Waals surface area contributed by atoms with Crippen LogP contribution in [0.1, 0.15) is 46.8 Å². The number of carbonyl (C=O) groups is 1. The molecule has 0 saturated carbocycles. The first-order valence-electron chi connectivity index (χ1n) is 12.4. The molecular weight excluding hydrogens is 491 g/mol. The molecule has 36 heavy (non-hydrogen) atoms. The summed E-state index contributed by atoms with van der Waals surface area (Å²) < 4.78 is 48.1. The molecule has 10 heteroatoms. The van der Waals surface area contributed by atoms with Crippen molar-refractivity contribution in [3.63, 3.8) is 0 Å². The number of rotatable bonds is 9. The predicted octanol–water partition coefficient (Wildman–Crippen LogP) is 5.05. The summed E-state index contributed by atoms with van der Waals surface area (Å²) in [6.07, 6.45) is 5.95. The highest BCUT2D eigenvalue weighted by molar-refractivity contribution is 7.12. The number of fused-ring (bicyclic) bond motifs is 1. The molecule has 2 aromatic rings. The molecule has 2 aliphatic heterocycles. The van der Waals surface area contributed by atoms with Crippen molar-refractivity contribution in [2.75, 3.05) is 32.8 Å². The van der Waals surface area contributed by atoms with Crippen molar-refractivity contribution >= 4 is 23.2 Å². The van der Waals surface area contributed by atoms with Gasteiger partial charge >= 0.3 is 6.18 Å².